The summed E-state index contributed by atoms with van der Waals surface area (Å²) in [4.78, 5) is 8.61. The number of imidazole rings is 1. The highest BCUT2D eigenvalue weighted by Crippen LogP contribution is 2.14. The minimum Gasteiger partial charge on any atom is -0.497 e. The van der Waals surface area contributed by atoms with Crippen molar-refractivity contribution in [2.75, 3.05) is 19.0 Å². The fourth-order valence-electron chi connectivity index (χ4n) is 2.13. The summed E-state index contributed by atoms with van der Waals surface area (Å²) in [6.45, 7) is 0.798. The fourth-order valence-corrected chi connectivity index (χ4v) is 2.13. The Morgan fingerprint density at radius 3 is 2.90 bits per heavy atom. The Balaban J connectivity index is 1.66. The Morgan fingerprint density at radius 2 is 2.05 bits per heavy atom. The maximum absolute atomic E-state index is 5.22. The molecule has 3 aromatic rings. The van der Waals surface area contributed by atoms with E-state index in [0.29, 0.717) is 0 Å². The Morgan fingerprint density at radius 1 is 1.20 bits per heavy atom. The predicted molar refractivity (Wildman–Crippen MR) is 78.2 cm³/mol. The van der Waals surface area contributed by atoms with E-state index in [0.717, 1.165) is 30.2 Å². The number of hydrogen-bond donors (Lipinski definition) is 1. The van der Waals surface area contributed by atoms with Crippen LogP contribution in [-0.2, 0) is 6.42 Å². The van der Waals surface area contributed by atoms with Gasteiger partial charge < -0.3 is 14.5 Å². The summed E-state index contributed by atoms with van der Waals surface area (Å²) >= 11 is 0. The highest BCUT2D eigenvalue weighted by atomic mass is 16.5. The van der Waals surface area contributed by atoms with E-state index < -0.39 is 0 Å². The molecular weight excluding hydrogens is 252 g/mol. The fraction of sp³-hybridized carbons (Fsp3) is 0.200. The lowest BCUT2D eigenvalue weighted by Crippen LogP contribution is -2.07. The molecule has 0 bridgehead atoms. The van der Waals surface area contributed by atoms with Crippen LogP contribution >= 0.6 is 0 Å². The summed E-state index contributed by atoms with van der Waals surface area (Å²) in [6, 6.07) is 8.09. The van der Waals surface area contributed by atoms with E-state index in [9.17, 15) is 0 Å². The van der Waals surface area contributed by atoms with Crippen LogP contribution in [0.1, 0.15) is 5.56 Å². The van der Waals surface area contributed by atoms with Crippen LogP contribution in [0.2, 0.25) is 0 Å². The van der Waals surface area contributed by atoms with Crippen LogP contribution in [0.5, 0.6) is 5.75 Å². The first-order valence-electron chi connectivity index (χ1n) is 6.51. The second-order valence-electron chi connectivity index (χ2n) is 4.46. The van der Waals surface area contributed by atoms with Gasteiger partial charge in [0.2, 0.25) is 0 Å². The molecule has 0 fully saturated rings. The third-order valence-electron chi connectivity index (χ3n) is 3.15. The topological polar surface area (TPSA) is 51.5 Å². The van der Waals surface area contributed by atoms with Gasteiger partial charge in [-0.1, -0.05) is 12.1 Å². The lowest BCUT2D eigenvalue weighted by atomic mass is 10.1. The molecule has 5 heteroatoms. The van der Waals surface area contributed by atoms with E-state index in [4.69, 9.17) is 4.74 Å². The summed E-state index contributed by atoms with van der Waals surface area (Å²) in [5.41, 5.74) is 2.07. The van der Waals surface area contributed by atoms with Crippen LogP contribution < -0.4 is 10.1 Å². The van der Waals surface area contributed by atoms with E-state index in [1.165, 1.54) is 5.56 Å². The van der Waals surface area contributed by atoms with E-state index in [-0.39, 0.29) is 0 Å². The monoisotopic (exact) mass is 268 g/mol. The minimum absolute atomic E-state index is 0.798. The van der Waals surface area contributed by atoms with Gasteiger partial charge in [0.25, 0.3) is 0 Å². The van der Waals surface area contributed by atoms with Crippen molar-refractivity contribution in [1.82, 2.24) is 14.4 Å². The Kier molecular flexibility index (Phi) is 3.50. The van der Waals surface area contributed by atoms with Crippen LogP contribution in [0.15, 0.2) is 49.1 Å². The second kappa shape index (κ2) is 5.61. The summed E-state index contributed by atoms with van der Waals surface area (Å²) in [5, 5.41) is 3.32. The Bertz CT molecular complexity index is 708. The third-order valence-corrected chi connectivity index (χ3v) is 3.15. The highest BCUT2D eigenvalue weighted by molar-refractivity contribution is 5.62. The third kappa shape index (κ3) is 2.56. The number of rotatable bonds is 5. The van der Waals surface area contributed by atoms with E-state index in [1.807, 2.05) is 35.0 Å². The number of nitrogens with zero attached hydrogens (tertiary/aromatic N) is 3. The molecule has 0 aliphatic heterocycles. The van der Waals surface area contributed by atoms with Gasteiger partial charge in [-0.2, -0.15) is 0 Å². The number of benzene rings is 1. The zero-order valence-corrected chi connectivity index (χ0v) is 11.3. The lowest BCUT2D eigenvalue weighted by Gasteiger charge is -2.07. The molecule has 0 unspecified atom stereocenters. The number of anilines is 1. The standard InChI is InChI=1S/C15H16N4O/c1-20-13-4-2-3-12(11-13)5-6-16-14-15-18-8-10-19(15)9-7-17-14/h2-4,7-11H,5-6H2,1H3,(H,16,17). The zero-order chi connectivity index (χ0) is 13.8. The molecular formula is C15H16N4O. The van der Waals surface area contributed by atoms with Gasteiger partial charge in [-0.3, -0.25) is 0 Å². The minimum atomic E-state index is 0.798. The molecule has 5 nitrogen and oxygen atoms in total. The van der Waals surface area contributed by atoms with Crippen molar-refractivity contribution in [3.8, 4) is 5.75 Å². The predicted octanol–water partition coefficient (Wildman–Crippen LogP) is 2.39. The van der Waals surface area contributed by atoms with Crippen LogP contribution in [0, 0.1) is 0 Å². The number of fused-ring (bicyclic) bond motifs is 1. The summed E-state index contributed by atoms with van der Waals surface area (Å²) in [6.07, 6.45) is 8.23. The van der Waals surface area contributed by atoms with Crippen molar-refractivity contribution in [3.63, 3.8) is 0 Å². The van der Waals surface area contributed by atoms with Gasteiger partial charge in [-0.05, 0) is 24.1 Å². The Hall–Kier alpha value is -2.56. The summed E-state index contributed by atoms with van der Waals surface area (Å²) in [5.74, 6) is 1.69. The van der Waals surface area contributed by atoms with Gasteiger partial charge in [-0.15, -0.1) is 0 Å². The molecule has 3 rings (SSSR count). The second-order valence-corrected chi connectivity index (χ2v) is 4.46. The van der Waals surface area contributed by atoms with Crippen molar-refractivity contribution < 1.29 is 4.74 Å². The molecule has 1 aromatic carbocycles. The average molecular weight is 268 g/mol. The van der Waals surface area contributed by atoms with Crippen LogP contribution in [0.4, 0.5) is 5.82 Å². The van der Waals surface area contributed by atoms with Gasteiger partial charge in [0.15, 0.2) is 11.5 Å². The van der Waals surface area contributed by atoms with Gasteiger partial charge in [0.05, 0.1) is 7.11 Å². The van der Waals surface area contributed by atoms with Gasteiger partial charge in [0.1, 0.15) is 5.75 Å². The molecule has 0 aliphatic rings. The Labute approximate surface area is 117 Å². The number of aromatic nitrogens is 3. The maximum Gasteiger partial charge on any atom is 0.180 e. The van der Waals surface area contributed by atoms with Gasteiger partial charge in [0, 0.05) is 31.3 Å². The van der Waals surface area contributed by atoms with Gasteiger partial charge in [-0.25, -0.2) is 9.97 Å². The first-order chi connectivity index (χ1) is 9.86. The normalized spacial score (nSPS) is 10.7. The van der Waals surface area contributed by atoms with Crippen LogP contribution in [0.3, 0.4) is 0 Å². The largest absolute Gasteiger partial charge is 0.497 e. The lowest BCUT2D eigenvalue weighted by molar-refractivity contribution is 0.414. The first kappa shape index (κ1) is 12.5. The first-order valence-corrected chi connectivity index (χ1v) is 6.51. The molecule has 2 heterocycles. The molecule has 0 aliphatic carbocycles. The summed E-state index contributed by atoms with van der Waals surface area (Å²) in [7, 11) is 1.68. The van der Waals surface area contributed by atoms with Crippen LogP contribution in [-0.4, -0.2) is 28.0 Å². The van der Waals surface area contributed by atoms with E-state index in [1.54, 1.807) is 19.5 Å². The van der Waals surface area contributed by atoms with Crippen molar-refractivity contribution in [1.29, 1.82) is 0 Å². The van der Waals surface area contributed by atoms with Crippen molar-refractivity contribution in [2.24, 2.45) is 0 Å². The highest BCUT2D eigenvalue weighted by Gasteiger charge is 2.03. The van der Waals surface area contributed by atoms with E-state index >= 15 is 0 Å². The summed E-state index contributed by atoms with van der Waals surface area (Å²) < 4.78 is 7.17. The van der Waals surface area contributed by atoms with Crippen molar-refractivity contribution in [2.45, 2.75) is 6.42 Å². The van der Waals surface area contributed by atoms with Gasteiger partial charge >= 0.3 is 0 Å². The SMILES string of the molecule is COc1cccc(CCNc2nccn3ccnc23)c1. The molecule has 20 heavy (non-hydrogen) atoms. The average Bonchev–Trinajstić information content (AvgIpc) is 2.97. The smallest absolute Gasteiger partial charge is 0.180 e. The molecule has 0 saturated heterocycles. The zero-order valence-electron chi connectivity index (χ0n) is 11.3. The number of nitrogens with one attached hydrogen (secondary N) is 1. The van der Waals surface area contributed by atoms with Crippen LogP contribution in [0.25, 0.3) is 5.65 Å². The molecule has 1 N–H and O–H groups in total. The molecule has 0 atom stereocenters. The van der Waals surface area contributed by atoms with Crippen molar-refractivity contribution in [3.05, 3.63) is 54.6 Å². The molecule has 0 spiro atoms. The molecule has 0 amide bonds. The quantitative estimate of drug-likeness (QED) is 0.772. The van der Waals surface area contributed by atoms with Crippen molar-refractivity contribution >= 4 is 11.5 Å². The molecule has 0 radical (unpaired) electrons. The molecule has 0 saturated carbocycles. The number of hydrogen-bond acceptors (Lipinski definition) is 4. The molecule has 102 valence electrons. The maximum atomic E-state index is 5.22. The van der Waals surface area contributed by atoms with E-state index in [2.05, 4.69) is 21.4 Å². The molecule has 2 aromatic heterocycles. The number of methoxy groups -OCH3 is 1. The number of ether oxygens (including phenoxy) is 1.